The third-order valence-corrected chi connectivity index (χ3v) is 3.23. The highest BCUT2D eigenvalue weighted by Crippen LogP contribution is 2.23. The van der Waals surface area contributed by atoms with Gasteiger partial charge in [-0.1, -0.05) is 18.6 Å². The molecule has 1 aromatic rings. The van der Waals surface area contributed by atoms with E-state index in [1.165, 1.54) is 34.9 Å². The topological polar surface area (TPSA) is 12.0 Å². The Balaban J connectivity index is 2.14. The molecule has 1 atom stereocenters. The lowest BCUT2D eigenvalue weighted by Gasteiger charge is -2.23. The fraction of sp³-hybridized carbons (Fsp3) is 0.455. The van der Waals surface area contributed by atoms with Gasteiger partial charge < -0.3 is 5.32 Å². The second-order valence-corrected chi connectivity index (χ2v) is 4.80. The molecule has 1 N–H and O–H groups in total. The number of halogens is 1. The first-order valence-corrected chi connectivity index (χ1v) is 5.93. The Morgan fingerprint density at radius 2 is 2.23 bits per heavy atom. The summed E-state index contributed by atoms with van der Waals surface area (Å²) >= 11 is 2.37. The predicted octanol–water partition coefficient (Wildman–Crippen LogP) is 3.11. The lowest BCUT2D eigenvalue weighted by atomic mass is 9.98. The standard InChI is InChI=1S/C11H14IN/c12-10-5-3-4-9(8-10)11-6-1-2-7-13-11/h3-5,8,11,13H,1-2,6-7H2/t11-/m1/s1. The van der Waals surface area contributed by atoms with Crippen molar-refractivity contribution in [2.75, 3.05) is 6.54 Å². The smallest absolute Gasteiger partial charge is 0.0320 e. The lowest BCUT2D eigenvalue weighted by Crippen LogP contribution is -2.26. The van der Waals surface area contributed by atoms with E-state index in [4.69, 9.17) is 0 Å². The van der Waals surface area contributed by atoms with E-state index < -0.39 is 0 Å². The molecule has 0 amide bonds. The third-order valence-electron chi connectivity index (χ3n) is 2.56. The van der Waals surface area contributed by atoms with Crippen molar-refractivity contribution < 1.29 is 0 Å². The van der Waals surface area contributed by atoms with Crippen molar-refractivity contribution >= 4 is 22.6 Å². The van der Waals surface area contributed by atoms with Crippen molar-refractivity contribution in [1.82, 2.24) is 5.32 Å². The van der Waals surface area contributed by atoms with Crippen molar-refractivity contribution in [3.8, 4) is 0 Å². The highest BCUT2D eigenvalue weighted by molar-refractivity contribution is 14.1. The molecular weight excluding hydrogens is 273 g/mol. The van der Waals surface area contributed by atoms with Gasteiger partial charge in [0.2, 0.25) is 0 Å². The molecule has 1 nitrogen and oxygen atoms in total. The van der Waals surface area contributed by atoms with Crippen LogP contribution in [0.25, 0.3) is 0 Å². The van der Waals surface area contributed by atoms with Crippen LogP contribution in [0.2, 0.25) is 0 Å². The summed E-state index contributed by atoms with van der Waals surface area (Å²) in [6.07, 6.45) is 3.99. The van der Waals surface area contributed by atoms with E-state index in [0.29, 0.717) is 6.04 Å². The van der Waals surface area contributed by atoms with Crippen molar-refractivity contribution in [3.05, 3.63) is 33.4 Å². The molecule has 1 aliphatic rings. The van der Waals surface area contributed by atoms with Crippen LogP contribution >= 0.6 is 22.6 Å². The molecule has 0 unspecified atom stereocenters. The van der Waals surface area contributed by atoms with Gasteiger partial charge in [-0.05, 0) is 59.7 Å². The van der Waals surface area contributed by atoms with Crippen molar-refractivity contribution in [1.29, 1.82) is 0 Å². The molecule has 0 aromatic heterocycles. The van der Waals surface area contributed by atoms with Crippen LogP contribution < -0.4 is 5.32 Å². The van der Waals surface area contributed by atoms with Gasteiger partial charge in [0.05, 0.1) is 0 Å². The van der Waals surface area contributed by atoms with Gasteiger partial charge in [0.1, 0.15) is 0 Å². The summed E-state index contributed by atoms with van der Waals surface area (Å²) in [5, 5.41) is 3.56. The first-order valence-electron chi connectivity index (χ1n) is 4.85. The first kappa shape index (κ1) is 9.46. The molecule has 1 fully saturated rings. The zero-order chi connectivity index (χ0) is 9.10. The van der Waals surface area contributed by atoms with Crippen LogP contribution in [-0.4, -0.2) is 6.54 Å². The zero-order valence-corrected chi connectivity index (χ0v) is 9.75. The molecule has 0 radical (unpaired) electrons. The van der Waals surface area contributed by atoms with Crippen LogP contribution in [0, 0.1) is 3.57 Å². The minimum Gasteiger partial charge on any atom is -0.310 e. The zero-order valence-electron chi connectivity index (χ0n) is 7.59. The Bertz CT molecular complexity index is 279. The fourth-order valence-electron chi connectivity index (χ4n) is 1.86. The van der Waals surface area contributed by atoms with E-state index in [2.05, 4.69) is 52.2 Å². The SMILES string of the molecule is Ic1cccc([C@H]2CCCCN2)c1. The molecule has 0 saturated carbocycles. The Labute approximate surface area is 93.1 Å². The van der Waals surface area contributed by atoms with Gasteiger partial charge in [-0.15, -0.1) is 0 Å². The summed E-state index contributed by atoms with van der Waals surface area (Å²) in [5.74, 6) is 0. The van der Waals surface area contributed by atoms with Gasteiger partial charge in [0.25, 0.3) is 0 Å². The van der Waals surface area contributed by atoms with Crippen LogP contribution in [0.5, 0.6) is 0 Å². The maximum absolute atomic E-state index is 3.56. The molecule has 2 heteroatoms. The summed E-state index contributed by atoms with van der Waals surface area (Å²) in [5.41, 5.74) is 1.45. The number of piperidine rings is 1. The molecule has 70 valence electrons. The Morgan fingerprint density at radius 1 is 1.31 bits per heavy atom. The molecule has 1 aliphatic heterocycles. The largest absolute Gasteiger partial charge is 0.310 e. The second-order valence-electron chi connectivity index (χ2n) is 3.56. The Kier molecular flexibility index (Phi) is 3.22. The van der Waals surface area contributed by atoms with Gasteiger partial charge in [-0.3, -0.25) is 0 Å². The van der Waals surface area contributed by atoms with Gasteiger partial charge >= 0.3 is 0 Å². The number of rotatable bonds is 1. The summed E-state index contributed by atoms with van der Waals surface area (Å²) in [7, 11) is 0. The predicted molar refractivity (Wildman–Crippen MR) is 63.8 cm³/mol. The van der Waals surface area contributed by atoms with Crippen LogP contribution in [0.3, 0.4) is 0 Å². The van der Waals surface area contributed by atoms with E-state index in [9.17, 15) is 0 Å². The summed E-state index contributed by atoms with van der Waals surface area (Å²) in [6.45, 7) is 1.18. The minimum atomic E-state index is 0.600. The monoisotopic (exact) mass is 287 g/mol. The molecule has 0 bridgehead atoms. The van der Waals surface area contributed by atoms with Gasteiger partial charge in [0.15, 0.2) is 0 Å². The van der Waals surface area contributed by atoms with Gasteiger partial charge in [-0.25, -0.2) is 0 Å². The quantitative estimate of drug-likeness (QED) is 0.783. The number of hydrogen-bond acceptors (Lipinski definition) is 1. The van der Waals surface area contributed by atoms with E-state index in [0.717, 1.165) is 0 Å². The average Bonchev–Trinajstić information content (AvgIpc) is 2.19. The maximum atomic E-state index is 3.56. The lowest BCUT2D eigenvalue weighted by molar-refractivity contribution is 0.412. The molecule has 1 aromatic carbocycles. The molecule has 13 heavy (non-hydrogen) atoms. The molecule has 0 spiro atoms. The fourth-order valence-corrected chi connectivity index (χ4v) is 2.43. The third kappa shape index (κ3) is 2.44. The number of nitrogens with one attached hydrogen (secondary N) is 1. The first-order chi connectivity index (χ1) is 6.36. The van der Waals surface area contributed by atoms with Gasteiger partial charge in [-0.2, -0.15) is 0 Å². The maximum Gasteiger partial charge on any atom is 0.0320 e. The molecule has 0 aliphatic carbocycles. The van der Waals surface area contributed by atoms with Gasteiger partial charge in [0, 0.05) is 9.61 Å². The van der Waals surface area contributed by atoms with Crippen LogP contribution in [0.1, 0.15) is 30.9 Å². The van der Waals surface area contributed by atoms with Crippen LogP contribution in [0.4, 0.5) is 0 Å². The Hall–Kier alpha value is -0.0900. The summed E-state index contributed by atoms with van der Waals surface area (Å²) in [6, 6.07) is 9.40. The van der Waals surface area contributed by atoms with Crippen molar-refractivity contribution in [3.63, 3.8) is 0 Å². The molecular formula is C11H14IN. The van der Waals surface area contributed by atoms with Crippen molar-refractivity contribution in [2.45, 2.75) is 25.3 Å². The van der Waals surface area contributed by atoms with E-state index in [-0.39, 0.29) is 0 Å². The summed E-state index contributed by atoms with van der Waals surface area (Å²) in [4.78, 5) is 0. The molecule has 2 rings (SSSR count). The van der Waals surface area contributed by atoms with E-state index in [1.807, 2.05) is 0 Å². The number of hydrogen-bond donors (Lipinski definition) is 1. The normalized spacial score (nSPS) is 23.0. The molecule has 1 heterocycles. The number of benzene rings is 1. The minimum absolute atomic E-state index is 0.600. The van der Waals surface area contributed by atoms with E-state index >= 15 is 0 Å². The van der Waals surface area contributed by atoms with E-state index in [1.54, 1.807) is 0 Å². The van der Waals surface area contributed by atoms with Crippen LogP contribution in [-0.2, 0) is 0 Å². The molecule has 1 saturated heterocycles. The second kappa shape index (κ2) is 4.42. The van der Waals surface area contributed by atoms with Crippen LogP contribution in [0.15, 0.2) is 24.3 Å². The Morgan fingerprint density at radius 3 is 2.92 bits per heavy atom. The average molecular weight is 287 g/mol. The summed E-state index contributed by atoms with van der Waals surface area (Å²) < 4.78 is 1.34. The highest BCUT2D eigenvalue weighted by Gasteiger charge is 2.13. The van der Waals surface area contributed by atoms with Crippen molar-refractivity contribution in [2.24, 2.45) is 0 Å². The highest BCUT2D eigenvalue weighted by atomic mass is 127.